The standard InChI is InChI=1S/C21H19F4N7OS2/c22-13-8-14-16(9-15(13)34-18-10-27-19-26-2-1-3-32(18)19)35-20(28-14)29-17(33)11-30-4-6-31(7-5-30)12-21(23,24)25/h1-3,8-10H,4-7,11-12H2,(H,28,29,33). The molecule has 184 valence electrons. The van der Waals surface area contributed by atoms with Gasteiger partial charge in [0.25, 0.3) is 0 Å². The van der Waals surface area contributed by atoms with Crippen LogP contribution < -0.4 is 5.32 Å². The maximum atomic E-state index is 14.8. The Balaban J connectivity index is 1.22. The number of fused-ring (bicyclic) bond motifs is 2. The summed E-state index contributed by atoms with van der Waals surface area (Å²) in [4.78, 5) is 28.6. The van der Waals surface area contributed by atoms with Crippen molar-refractivity contribution < 1.29 is 22.4 Å². The number of nitrogens with one attached hydrogen (secondary N) is 1. The highest BCUT2D eigenvalue weighted by Crippen LogP contribution is 2.35. The van der Waals surface area contributed by atoms with Gasteiger partial charge in [0.15, 0.2) is 5.13 Å². The smallest absolute Gasteiger partial charge is 0.301 e. The van der Waals surface area contributed by atoms with E-state index in [2.05, 4.69) is 20.3 Å². The van der Waals surface area contributed by atoms with Gasteiger partial charge in [-0.05, 0) is 12.1 Å². The minimum atomic E-state index is -4.23. The predicted octanol–water partition coefficient (Wildman–Crippen LogP) is 3.75. The summed E-state index contributed by atoms with van der Waals surface area (Å²) in [7, 11) is 0. The molecule has 35 heavy (non-hydrogen) atoms. The molecule has 0 unspecified atom stereocenters. The van der Waals surface area contributed by atoms with E-state index in [9.17, 15) is 22.4 Å². The molecule has 1 N–H and O–H groups in total. The minimum absolute atomic E-state index is 0.0492. The van der Waals surface area contributed by atoms with Crippen LogP contribution in [0.25, 0.3) is 16.0 Å². The maximum Gasteiger partial charge on any atom is 0.401 e. The van der Waals surface area contributed by atoms with E-state index in [0.29, 0.717) is 44.1 Å². The number of carbonyl (C=O) groups excluding carboxylic acids is 1. The second-order valence-electron chi connectivity index (χ2n) is 7.97. The van der Waals surface area contributed by atoms with Crippen LogP contribution in [0.2, 0.25) is 0 Å². The number of thiazole rings is 1. The molecule has 1 fully saturated rings. The van der Waals surface area contributed by atoms with Gasteiger partial charge in [-0.2, -0.15) is 13.2 Å². The zero-order chi connectivity index (χ0) is 24.6. The first-order valence-corrected chi connectivity index (χ1v) is 12.2. The molecule has 4 aromatic rings. The van der Waals surface area contributed by atoms with Gasteiger partial charge in [-0.1, -0.05) is 23.1 Å². The first kappa shape index (κ1) is 23.9. The SMILES string of the molecule is O=C(CN1CCN(CC(F)(F)F)CC1)Nc1nc2cc(F)c(Sc3cnc4ncccn34)cc2s1. The van der Waals surface area contributed by atoms with Crippen LogP contribution in [0.1, 0.15) is 0 Å². The molecule has 1 aliphatic rings. The van der Waals surface area contributed by atoms with Crippen molar-refractivity contribution in [2.24, 2.45) is 0 Å². The number of benzene rings is 1. The molecule has 8 nitrogen and oxygen atoms in total. The highest BCUT2D eigenvalue weighted by molar-refractivity contribution is 7.99. The van der Waals surface area contributed by atoms with Gasteiger partial charge in [0.2, 0.25) is 11.7 Å². The number of imidazole rings is 1. The van der Waals surface area contributed by atoms with Crippen LogP contribution in [0, 0.1) is 5.82 Å². The van der Waals surface area contributed by atoms with Gasteiger partial charge >= 0.3 is 6.18 Å². The molecule has 1 aromatic carbocycles. The summed E-state index contributed by atoms with van der Waals surface area (Å²) in [5, 5.41) is 3.76. The van der Waals surface area contributed by atoms with E-state index in [4.69, 9.17) is 0 Å². The van der Waals surface area contributed by atoms with Gasteiger partial charge in [0.1, 0.15) is 10.8 Å². The molecule has 1 amide bonds. The van der Waals surface area contributed by atoms with Gasteiger partial charge in [-0.15, -0.1) is 0 Å². The molecule has 4 heterocycles. The van der Waals surface area contributed by atoms with Crippen LogP contribution in [-0.2, 0) is 4.79 Å². The van der Waals surface area contributed by atoms with Crippen molar-refractivity contribution >= 4 is 50.1 Å². The largest absolute Gasteiger partial charge is 0.401 e. The van der Waals surface area contributed by atoms with Crippen LogP contribution in [0.15, 0.2) is 46.7 Å². The number of anilines is 1. The Morgan fingerprint density at radius 2 is 1.91 bits per heavy atom. The molecule has 0 atom stereocenters. The van der Waals surface area contributed by atoms with Gasteiger partial charge in [0.05, 0.1) is 34.4 Å². The molecular formula is C21H19F4N7OS2. The van der Waals surface area contributed by atoms with Gasteiger partial charge in [-0.25, -0.2) is 19.3 Å². The Morgan fingerprint density at radius 1 is 1.14 bits per heavy atom. The third-order valence-corrected chi connectivity index (χ3v) is 7.37. The van der Waals surface area contributed by atoms with E-state index in [1.54, 1.807) is 40.0 Å². The average Bonchev–Trinajstić information content (AvgIpc) is 3.37. The second kappa shape index (κ2) is 9.68. The fraction of sp³-hybridized carbons (Fsp3) is 0.333. The number of rotatable bonds is 6. The van der Waals surface area contributed by atoms with Crippen LogP contribution in [0.4, 0.5) is 22.7 Å². The molecule has 14 heteroatoms. The summed E-state index contributed by atoms with van der Waals surface area (Å²) >= 11 is 2.43. The second-order valence-corrected chi connectivity index (χ2v) is 10.1. The lowest BCUT2D eigenvalue weighted by atomic mass is 10.3. The Morgan fingerprint density at radius 3 is 2.69 bits per heavy atom. The monoisotopic (exact) mass is 525 g/mol. The predicted molar refractivity (Wildman–Crippen MR) is 124 cm³/mol. The van der Waals surface area contributed by atoms with Crippen molar-refractivity contribution in [1.82, 2.24) is 29.2 Å². The molecule has 5 rings (SSSR count). The topological polar surface area (TPSA) is 78.7 Å². The van der Waals surface area contributed by atoms with Crippen molar-refractivity contribution in [1.29, 1.82) is 0 Å². The Kier molecular flexibility index (Phi) is 6.61. The minimum Gasteiger partial charge on any atom is -0.301 e. The molecule has 1 saturated heterocycles. The van der Waals surface area contributed by atoms with Crippen LogP contribution >= 0.6 is 23.1 Å². The molecule has 0 radical (unpaired) electrons. The quantitative estimate of drug-likeness (QED) is 0.384. The van der Waals surface area contributed by atoms with Crippen molar-refractivity contribution in [3.8, 4) is 0 Å². The normalized spacial score (nSPS) is 15.8. The third-order valence-electron chi connectivity index (χ3n) is 5.39. The molecule has 0 bridgehead atoms. The first-order chi connectivity index (χ1) is 16.7. The Hall–Kier alpha value is -2.81. The van der Waals surface area contributed by atoms with E-state index in [1.807, 2.05) is 0 Å². The summed E-state index contributed by atoms with van der Waals surface area (Å²) < 4.78 is 54.8. The zero-order valence-electron chi connectivity index (χ0n) is 18.1. The summed E-state index contributed by atoms with van der Waals surface area (Å²) in [6.07, 6.45) is 0.821. The van der Waals surface area contributed by atoms with Crippen LogP contribution in [0.5, 0.6) is 0 Å². The number of amides is 1. The van der Waals surface area contributed by atoms with Crippen molar-refractivity contribution in [3.05, 3.63) is 42.6 Å². The number of aromatic nitrogens is 4. The third kappa shape index (κ3) is 5.72. The highest BCUT2D eigenvalue weighted by atomic mass is 32.2. The zero-order valence-corrected chi connectivity index (χ0v) is 19.8. The number of piperazine rings is 1. The molecule has 0 aliphatic carbocycles. The summed E-state index contributed by atoms with van der Waals surface area (Å²) in [5.41, 5.74) is 0.424. The van der Waals surface area contributed by atoms with E-state index in [0.717, 1.165) is 0 Å². The Labute approximate surface area is 205 Å². The van der Waals surface area contributed by atoms with Crippen molar-refractivity contribution in [3.63, 3.8) is 0 Å². The molecule has 3 aromatic heterocycles. The molecule has 0 spiro atoms. The summed E-state index contributed by atoms with van der Waals surface area (Å²) in [6, 6.07) is 4.77. The molecule has 0 saturated carbocycles. The summed E-state index contributed by atoms with van der Waals surface area (Å²) in [5.74, 6) is -0.246. The van der Waals surface area contributed by atoms with E-state index in [1.165, 1.54) is 34.1 Å². The lowest BCUT2D eigenvalue weighted by molar-refractivity contribution is -0.149. The lowest BCUT2D eigenvalue weighted by Gasteiger charge is -2.34. The van der Waals surface area contributed by atoms with Gasteiger partial charge in [-0.3, -0.25) is 19.0 Å². The maximum absolute atomic E-state index is 14.8. The summed E-state index contributed by atoms with van der Waals surface area (Å²) in [6.45, 7) is 0.339. The van der Waals surface area contributed by atoms with Crippen molar-refractivity contribution in [2.45, 2.75) is 16.1 Å². The number of halogens is 4. The van der Waals surface area contributed by atoms with E-state index >= 15 is 0 Å². The van der Waals surface area contributed by atoms with Crippen LogP contribution in [0.3, 0.4) is 0 Å². The number of alkyl halides is 3. The average molecular weight is 526 g/mol. The fourth-order valence-electron chi connectivity index (χ4n) is 3.78. The molecule has 1 aliphatic heterocycles. The first-order valence-electron chi connectivity index (χ1n) is 10.6. The van der Waals surface area contributed by atoms with E-state index < -0.39 is 18.5 Å². The number of carbonyl (C=O) groups is 1. The lowest BCUT2D eigenvalue weighted by Crippen LogP contribution is -2.50. The van der Waals surface area contributed by atoms with Crippen LogP contribution in [-0.4, -0.2) is 80.5 Å². The fourth-order valence-corrected chi connectivity index (χ4v) is 5.66. The van der Waals surface area contributed by atoms with Crippen molar-refractivity contribution in [2.75, 3.05) is 44.6 Å². The van der Waals surface area contributed by atoms with Gasteiger partial charge in [0, 0.05) is 44.6 Å². The number of hydrogen-bond donors (Lipinski definition) is 1. The highest BCUT2D eigenvalue weighted by Gasteiger charge is 2.32. The molecular weight excluding hydrogens is 506 g/mol. The van der Waals surface area contributed by atoms with E-state index in [-0.39, 0.29) is 25.5 Å². The number of nitrogens with zero attached hydrogens (tertiary/aromatic N) is 6. The Bertz CT molecular complexity index is 1360. The number of hydrogen-bond acceptors (Lipinski definition) is 8. The van der Waals surface area contributed by atoms with Gasteiger partial charge < -0.3 is 5.32 Å².